The maximum Gasteiger partial charge on any atom is 0.321 e. The van der Waals surface area contributed by atoms with Crippen molar-refractivity contribution in [2.75, 3.05) is 50.0 Å². The van der Waals surface area contributed by atoms with Crippen molar-refractivity contribution in [3.8, 4) is 0 Å². The summed E-state index contributed by atoms with van der Waals surface area (Å²) >= 11 is 0. The van der Waals surface area contributed by atoms with E-state index in [1.54, 1.807) is 29.2 Å². The molecule has 2 aromatic carbocycles. The van der Waals surface area contributed by atoms with E-state index in [0.29, 0.717) is 18.8 Å². The Labute approximate surface area is 191 Å². The van der Waals surface area contributed by atoms with Crippen LogP contribution in [0.4, 0.5) is 20.6 Å². The monoisotopic (exact) mass is 476 g/mol. The Morgan fingerprint density at radius 1 is 0.909 bits per heavy atom. The van der Waals surface area contributed by atoms with Gasteiger partial charge in [-0.3, -0.25) is 4.79 Å². The predicted octanol–water partition coefficient (Wildman–Crippen LogP) is 2.73. The van der Waals surface area contributed by atoms with E-state index < -0.39 is 27.3 Å². The molecule has 2 saturated heterocycles. The van der Waals surface area contributed by atoms with Crippen molar-refractivity contribution in [1.29, 1.82) is 0 Å². The van der Waals surface area contributed by atoms with Crippen LogP contribution in [0.1, 0.15) is 23.2 Å². The number of hydrogen-bond donors (Lipinski definition) is 2. The Kier molecular flexibility index (Phi) is 6.91. The molecule has 0 aliphatic carbocycles. The van der Waals surface area contributed by atoms with Gasteiger partial charge in [0.15, 0.2) is 0 Å². The van der Waals surface area contributed by atoms with Crippen LogP contribution in [-0.2, 0) is 14.8 Å². The van der Waals surface area contributed by atoms with Crippen LogP contribution in [0.5, 0.6) is 0 Å². The molecule has 0 unspecified atom stereocenters. The van der Waals surface area contributed by atoms with E-state index in [1.165, 1.54) is 4.31 Å². The smallest absolute Gasteiger partial charge is 0.321 e. The lowest BCUT2D eigenvalue weighted by atomic mass is 10.2. The molecule has 0 saturated carbocycles. The summed E-state index contributed by atoms with van der Waals surface area (Å²) in [4.78, 5) is 26.8. The second-order valence-electron chi connectivity index (χ2n) is 7.78. The zero-order valence-corrected chi connectivity index (χ0v) is 18.7. The number of hydrogen-bond acceptors (Lipinski definition) is 5. The summed E-state index contributed by atoms with van der Waals surface area (Å²) in [6.07, 6.45) is 1.88. The van der Waals surface area contributed by atoms with Crippen molar-refractivity contribution in [2.24, 2.45) is 0 Å². The number of sulfonamides is 1. The lowest BCUT2D eigenvalue weighted by Crippen LogP contribution is -2.40. The van der Waals surface area contributed by atoms with Crippen molar-refractivity contribution in [3.63, 3.8) is 0 Å². The summed E-state index contributed by atoms with van der Waals surface area (Å²) in [6.45, 7) is 2.24. The molecule has 9 nitrogen and oxygen atoms in total. The Hall–Kier alpha value is -3.02. The van der Waals surface area contributed by atoms with E-state index >= 15 is 0 Å². The lowest BCUT2D eigenvalue weighted by Gasteiger charge is -2.26. The summed E-state index contributed by atoms with van der Waals surface area (Å²) in [5.74, 6) is -1.68. The van der Waals surface area contributed by atoms with Gasteiger partial charge >= 0.3 is 6.03 Å². The first-order valence-corrected chi connectivity index (χ1v) is 12.1. The first kappa shape index (κ1) is 23.1. The van der Waals surface area contributed by atoms with Crippen LogP contribution in [0.2, 0.25) is 0 Å². The number of nitrogens with one attached hydrogen (secondary N) is 2. The maximum absolute atomic E-state index is 14.5. The average Bonchev–Trinajstić information content (AvgIpc) is 3.36. The molecule has 2 heterocycles. The third kappa shape index (κ3) is 5.15. The standard InChI is InChI=1S/C22H25FN4O5S/c23-18-8-7-16(33(30,31)27-11-13-32-14-12-27)15-17(18)21(28)24-19-5-1-2-6-20(19)25-22(29)26-9-3-4-10-26/h1-2,5-8,15H,3-4,9-14H2,(H,24,28)(H,25,29). The van der Waals surface area contributed by atoms with E-state index in [1.807, 2.05) is 0 Å². The molecule has 0 spiro atoms. The van der Waals surface area contributed by atoms with Crippen molar-refractivity contribution < 1.29 is 27.1 Å². The van der Waals surface area contributed by atoms with Gasteiger partial charge in [-0.2, -0.15) is 4.31 Å². The van der Waals surface area contributed by atoms with Crippen LogP contribution in [0.3, 0.4) is 0 Å². The Morgan fingerprint density at radius 2 is 1.55 bits per heavy atom. The SMILES string of the molecule is O=C(Nc1ccccc1NC(=O)N1CCCC1)c1cc(S(=O)(=O)N2CCOCC2)ccc1F. The minimum atomic E-state index is -3.90. The second kappa shape index (κ2) is 9.86. The fourth-order valence-corrected chi connectivity index (χ4v) is 5.21. The van der Waals surface area contributed by atoms with E-state index in [-0.39, 0.29) is 42.9 Å². The molecule has 0 radical (unpaired) electrons. The Balaban J connectivity index is 1.54. The zero-order valence-electron chi connectivity index (χ0n) is 17.9. The number of morpholine rings is 1. The third-order valence-corrected chi connectivity index (χ3v) is 7.50. The minimum Gasteiger partial charge on any atom is -0.379 e. The summed E-state index contributed by atoms with van der Waals surface area (Å²) in [7, 11) is -3.90. The van der Waals surface area contributed by atoms with Gasteiger partial charge in [-0.25, -0.2) is 17.6 Å². The highest BCUT2D eigenvalue weighted by Gasteiger charge is 2.28. The number of para-hydroxylation sites is 2. The number of halogens is 1. The first-order valence-electron chi connectivity index (χ1n) is 10.7. The number of amides is 3. The molecule has 2 fully saturated rings. The highest BCUT2D eigenvalue weighted by Crippen LogP contribution is 2.25. The van der Waals surface area contributed by atoms with E-state index in [9.17, 15) is 22.4 Å². The highest BCUT2D eigenvalue weighted by molar-refractivity contribution is 7.89. The molecule has 2 aliphatic rings. The molecular formula is C22H25FN4O5S. The number of nitrogens with zero attached hydrogens (tertiary/aromatic N) is 2. The van der Waals surface area contributed by atoms with Gasteiger partial charge in [-0.05, 0) is 43.2 Å². The summed E-state index contributed by atoms with van der Waals surface area (Å²) in [5, 5.41) is 5.35. The molecule has 2 N–H and O–H groups in total. The average molecular weight is 477 g/mol. The van der Waals surface area contributed by atoms with Crippen LogP contribution in [0.25, 0.3) is 0 Å². The van der Waals surface area contributed by atoms with E-state index in [4.69, 9.17) is 4.74 Å². The van der Waals surface area contributed by atoms with Crippen molar-refractivity contribution >= 4 is 33.3 Å². The van der Waals surface area contributed by atoms with Crippen LogP contribution in [-0.4, -0.2) is 69.0 Å². The molecule has 0 atom stereocenters. The lowest BCUT2D eigenvalue weighted by molar-refractivity contribution is 0.0730. The fourth-order valence-electron chi connectivity index (χ4n) is 3.78. The number of anilines is 2. The number of rotatable bonds is 5. The van der Waals surface area contributed by atoms with Gasteiger partial charge in [0, 0.05) is 26.2 Å². The van der Waals surface area contributed by atoms with E-state index in [0.717, 1.165) is 31.0 Å². The van der Waals surface area contributed by atoms with Gasteiger partial charge < -0.3 is 20.3 Å². The molecule has 2 aromatic rings. The molecular weight excluding hydrogens is 451 g/mol. The molecule has 0 bridgehead atoms. The number of benzene rings is 2. The normalized spacial score (nSPS) is 17.1. The predicted molar refractivity (Wildman–Crippen MR) is 120 cm³/mol. The number of carbonyl (C=O) groups excluding carboxylic acids is 2. The van der Waals surface area contributed by atoms with Gasteiger partial charge in [-0.1, -0.05) is 12.1 Å². The fraction of sp³-hybridized carbons (Fsp3) is 0.364. The third-order valence-electron chi connectivity index (χ3n) is 5.60. The van der Waals surface area contributed by atoms with Gasteiger partial charge in [0.2, 0.25) is 10.0 Å². The molecule has 2 aliphatic heterocycles. The topological polar surface area (TPSA) is 108 Å². The highest BCUT2D eigenvalue weighted by atomic mass is 32.2. The maximum atomic E-state index is 14.5. The second-order valence-corrected chi connectivity index (χ2v) is 9.72. The van der Waals surface area contributed by atoms with Crippen LogP contribution >= 0.6 is 0 Å². The molecule has 3 amide bonds. The zero-order chi connectivity index (χ0) is 23.4. The molecule has 11 heteroatoms. The summed E-state index contributed by atoms with van der Waals surface area (Å²) < 4.78 is 46.7. The number of urea groups is 1. The van der Waals surface area contributed by atoms with Gasteiger partial charge in [0.25, 0.3) is 5.91 Å². The molecule has 0 aromatic heterocycles. The Bertz CT molecular complexity index is 1150. The van der Waals surface area contributed by atoms with Gasteiger partial charge in [0.1, 0.15) is 5.82 Å². The van der Waals surface area contributed by atoms with Gasteiger partial charge in [-0.15, -0.1) is 0 Å². The number of likely N-dealkylation sites (tertiary alicyclic amines) is 1. The van der Waals surface area contributed by atoms with Crippen LogP contribution < -0.4 is 10.6 Å². The Morgan fingerprint density at radius 3 is 2.21 bits per heavy atom. The first-order chi connectivity index (χ1) is 15.9. The largest absolute Gasteiger partial charge is 0.379 e. The van der Waals surface area contributed by atoms with Gasteiger partial charge in [0.05, 0.1) is 35.0 Å². The van der Waals surface area contributed by atoms with Crippen molar-refractivity contribution in [1.82, 2.24) is 9.21 Å². The van der Waals surface area contributed by atoms with E-state index in [2.05, 4.69) is 10.6 Å². The van der Waals surface area contributed by atoms with Crippen LogP contribution in [0, 0.1) is 5.82 Å². The summed E-state index contributed by atoms with van der Waals surface area (Å²) in [6, 6.07) is 9.41. The molecule has 176 valence electrons. The summed E-state index contributed by atoms with van der Waals surface area (Å²) in [5.41, 5.74) is 0.223. The van der Waals surface area contributed by atoms with Crippen molar-refractivity contribution in [3.05, 3.63) is 53.8 Å². The minimum absolute atomic E-state index is 0.174. The van der Waals surface area contributed by atoms with Crippen LogP contribution in [0.15, 0.2) is 47.4 Å². The quantitative estimate of drug-likeness (QED) is 0.690. The molecule has 4 rings (SSSR count). The van der Waals surface area contributed by atoms with Crippen molar-refractivity contribution in [2.45, 2.75) is 17.7 Å². The number of carbonyl (C=O) groups is 2. The molecule has 33 heavy (non-hydrogen) atoms. The number of ether oxygens (including phenoxy) is 1.